The van der Waals surface area contributed by atoms with Crippen molar-refractivity contribution in [1.82, 2.24) is 9.97 Å². The van der Waals surface area contributed by atoms with E-state index in [9.17, 15) is 0 Å². The van der Waals surface area contributed by atoms with E-state index < -0.39 is 0 Å². The van der Waals surface area contributed by atoms with Gasteiger partial charge in [0.05, 0.1) is 12.8 Å². The number of ether oxygens (including phenoxy) is 1. The van der Waals surface area contributed by atoms with Gasteiger partial charge in [0.15, 0.2) is 0 Å². The molecule has 132 valence electrons. The molecule has 26 heavy (non-hydrogen) atoms. The summed E-state index contributed by atoms with van der Waals surface area (Å²) in [6, 6.07) is 20.7. The van der Waals surface area contributed by atoms with E-state index in [4.69, 9.17) is 9.72 Å². The van der Waals surface area contributed by atoms with E-state index in [0.717, 1.165) is 28.4 Å². The first-order valence-electron chi connectivity index (χ1n) is 8.88. The monoisotopic (exact) mass is 346 g/mol. The fraction of sp³-hybridized carbons (Fsp3) is 0.238. The molecule has 1 fully saturated rings. The first kappa shape index (κ1) is 16.4. The molecular weight excluding hydrogens is 324 g/mol. The maximum absolute atomic E-state index is 5.20. The lowest BCUT2D eigenvalue weighted by molar-refractivity contribution is 0.414. The number of rotatable bonds is 7. The molecule has 5 nitrogen and oxygen atoms in total. The van der Waals surface area contributed by atoms with Crippen LogP contribution < -0.4 is 15.4 Å². The Bertz CT molecular complexity index is 861. The summed E-state index contributed by atoms with van der Waals surface area (Å²) in [6.07, 6.45) is 2.42. The molecule has 1 aliphatic rings. The van der Waals surface area contributed by atoms with Crippen molar-refractivity contribution < 1.29 is 4.74 Å². The summed E-state index contributed by atoms with van der Waals surface area (Å²) in [4.78, 5) is 9.32. The van der Waals surface area contributed by atoms with Gasteiger partial charge in [-0.15, -0.1) is 0 Å². The second kappa shape index (κ2) is 7.44. The van der Waals surface area contributed by atoms with Crippen molar-refractivity contribution in [3.63, 3.8) is 0 Å². The number of hydrogen-bond donors (Lipinski definition) is 2. The van der Waals surface area contributed by atoms with Gasteiger partial charge in [0, 0.05) is 24.2 Å². The second-order valence-corrected chi connectivity index (χ2v) is 6.45. The predicted molar refractivity (Wildman–Crippen MR) is 104 cm³/mol. The van der Waals surface area contributed by atoms with E-state index in [1.807, 2.05) is 48.5 Å². The van der Waals surface area contributed by atoms with Gasteiger partial charge >= 0.3 is 0 Å². The van der Waals surface area contributed by atoms with Gasteiger partial charge in [0.1, 0.15) is 11.6 Å². The highest BCUT2D eigenvalue weighted by molar-refractivity contribution is 5.64. The molecule has 2 N–H and O–H groups in total. The molecule has 0 unspecified atom stereocenters. The minimum absolute atomic E-state index is 0.544. The zero-order chi connectivity index (χ0) is 17.8. The van der Waals surface area contributed by atoms with Gasteiger partial charge in [-0.2, -0.15) is 4.98 Å². The third kappa shape index (κ3) is 4.11. The Morgan fingerprint density at radius 3 is 2.46 bits per heavy atom. The van der Waals surface area contributed by atoms with Crippen LogP contribution in [0.15, 0.2) is 60.7 Å². The highest BCUT2D eigenvalue weighted by Gasteiger charge is 2.22. The lowest BCUT2D eigenvalue weighted by atomic mass is 10.1. The number of benzene rings is 2. The molecule has 1 aromatic heterocycles. The Balaban J connectivity index is 1.55. The molecule has 4 rings (SSSR count). The van der Waals surface area contributed by atoms with Crippen molar-refractivity contribution in [2.75, 3.05) is 17.7 Å². The predicted octanol–water partition coefficient (Wildman–Crippen LogP) is 4.34. The molecule has 0 bridgehead atoms. The van der Waals surface area contributed by atoms with E-state index in [0.29, 0.717) is 18.5 Å². The fourth-order valence-electron chi connectivity index (χ4n) is 2.72. The molecule has 0 aliphatic heterocycles. The smallest absolute Gasteiger partial charge is 0.225 e. The number of anilines is 2. The maximum atomic E-state index is 5.20. The molecule has 1 saturated carbocycles. The van der Waals surface area contributed by atoms with Crippen LogP contribution in [0.5, 0.6) is 5.75 Å². The van der Waals surface area contributed by atoms with Crippen LogP contribution in [0.1, 0.15) is 18.4 Å². The number of nitrogens with one attached hydrogen (secondary N) is 2. The maximum Gasteiger partial charge on any atom is 0.225 e. The second-order valence-electron chi connectivity index (χ2n) is 6.45. The van der Waals surface area contributed by atoms with Crippen LogP contribution in [-0.2, 0) is 6.54 Å². The van der Waals surface area contributed by atoms with Crippen molar-refractivity contribution in [3.8, 4) is 17.0 Å². The van der Waals surface area contributed by atoms with Gasteiger partial charge in [-0.25, -0.2) is 4.98 Å². The van der Waals surface area contributed by atoms with Crippen LogP contribution in [0.25, 0.3) is 11.3 Å². The standard InChI is InChI=1S/C21H22N4O/c1-26-18-11-7-15(8-12-18)14-22-21-24-19(16-5-3-2-4-6-16)13-20(25-21)23-17-9-10-17/h2-8,11-13,17H,9-10,14H2,1H3,(H2,22,23,24,25). The highest BCUT2D eigenvalue weighted by Crippen LogP contribution is 2.27. The van der Waals surface area contributed by atoms with Gasteiger partial charge in [-0.05, 0) is 30.5 Å². The third-order valence-electron chi connectivity index (χ3n) is 4.33. The molecule has 5 heteroatoms. The first-order chi connectivity index (χ1) is 12.8. The van der Waals surface area contributed by atoms with E-state index >= 15 is 0 Å². The summed E-state index contributed by atoms with van der Waals surface area (Å²) in [5.41, 5.74) is 3.15. The summed E-state index contributed by atoms with van der Waals surface area (Å²) in [5, 5.41) is 6.81. The number of aromatic nitrogens is 2. The Morgan fingerprint density at radius 1 is 1.00 bits per heavy atom. The largest absolute Gasteiger partial charge is 0.497 e. The SMILES string of the molecule is COc1ccc(CNc2nc(NC3CC3)cc(-c3ccccc3)n2)cc1. The molecule has 3 aromatic rings. The van der Waals surface area contributed by atoms with Gasteiger partial charge < -0.3 is 15.4 Å². The van der Waals surface area contributed by atoms with Gasteiger partial charge in [-0.1, -0.05) is 42.5 Å². The molecule has 1 heterocycles. The van der Waals surface area contributed by atoms with E-state index in [2.05, 4.69) is 27.8 Å². The Morgan fingerprint density at radius 2 is 1.77 bits per heavy atom. The highest BCUT2D eigenvalue weighted by atomic mass is 16.5. The first-order valence-corrected chi connectivity index (χ1v) is 8.88. The van der Waals surface area contributed by atoms with E-state index in [1.165, 1.54) is 12.8 Å². The Labute approximate surface area is 153 Å². The van der Waals surface area contributed by atoms with Crippen molar-refractivity contribution in [3.05, 3.63) is 66.2 Å². The lowest BCUT2D eigenvalue weighted by Gasteiger charge is -2.11. The minimum Gasteiger partial charge on any atom is -0.497 e. The quantitative estimate of drug-likeness (QED) is 0.666. The summed E-state index contributed by atoms with van der Waals surface area (Å²) in [7, 11) is 1.67. The summed E-state index contributed by atoms with van der Waals surface area (Å²) in [5.74, 6) is 2.36. The van der Waals surface area contributed by atoms with Crippen LogP contribution in [0, 0.1) is 0 Å². The molecule has 0 atom stereocenters. The molecular formula is C21H22N4O. The molecule has 0 saturated heterocycles. The molecule has 0 radical (unpaired) electrons. The van der Waals surface area contributed by atoms with Crippen molar-refractivity contribution in [2.24, 2.45) is 0 Å². The van der Waals surface area contributed by atoms with Crippen molar-refractivity contribution in [2.45, 2.75) is 25.4 Å². The lowest BCUT2D eigenvalue weighted by Crippen LogP contribution is -2.09. The van der Waals surface area contributed by atoms with Gasteiger partial charge in [0.25, 0.3) is 0 Å². The summed E-state index contributed by atoms with van der Waals surface area (Å²) >= 11 is 0. The topological polar surface area (TPSA) is 59.1 Å². The number of methoxy groups -OCH3 is 1. The number of hydrogen-bond acceptors (Lipinski definition) is 5. The van der Waals surface area contributed by atoms with Crippen LogP contribution in [-0.4, -0.2) is 23.1 Å². The number of nitrogens with zero attached hydrogens (tertiary/aromatic N) is 2. The normalized spacial score (nSPS) is 13.3. The molecule has 0 spiro atoms. The zero-order valence-corrected chi connectivity index (χ0v) is 14.8. The molecule has 0 amide bonds. The van der Waals surface area contributed by atoms with Gasteiger partial charge in [-0.3, -0.25) is 0 Å². The van der Waals surface area contributed by atoms with Crippen LogP contribution in [0.4, 0.5) is 11.8 Å². The Kier molecular flexibility index (Phi) is 4.69. The van der Waals surface area contributed by atoms with E-state index in [1.54, 1.807) is 7.11 Å². The zero-order valence-electron chi connectivity index (χ0n) is 14.8. The van der Waals surface area contributed by atoms with Crippen LogP contribution in [0.2, 0.25) is 0 Å². The van der Waals surface area contributed by atoms with Crippen molar-refractivity contribution in [1.29, 1.82) is 0 Å². The molecule has 2 aromatic carbocycles. The van der Waals surface area contributed by atoms with E-state index in [-0.39, 0.29) is 0 Å². The third-order valence-corrected chi connectivity index (χ3v) is 4.33. The fourth-order valence-corrected chi connectivity index (χ4v) is 2.72. The van der Waals surface area contributed by atoms with Gasteiger partial charge in [0.2, 0.25) is 5.95 Å². The van der Waals surface area contributed by atoms with Crippen LogP contribution >= 0.6 is 0 Å². The van der Waals surface area contributed by atoms with Crippen LogP contribution in [0.3, 0.4) is 0 Å². The average Bonchev–Trinajstić information content (AvgIpc) is 3.51. The van der Waals surface area contributed by atoms with Crippen molar-refractivity contribution >= 4 is 11.8 Å². The molecule has 1 aliphatic carbocycles. The summed E-state index contributed by atoms with van der Waals surface area (Å²) in [6.45, 7) is 0.658. The average molecular weight is 346 g/mol. The summed E-state index contributed by atoms with van der Waals surface area (Å²) < 4.78 is 5.20. The minimum atomic E-state index is 0.544. The Hall–Kier alpha value is -3.08.